The number of halogens is 3. The van der Waals surface area contributed by atoms with E-state index in [4.69, 9.17) is 49.0 Å². The molecule has 0 fully saturated rings. The van der Waals surface area contributed by atoms with Crippen LogP contribution in [0.1, 0.15) is 18.4 Å². The second-order valence-corrected chi connectivity index (χ2v) is 6.86. The molecule has 0 aliphatic rings. The van der Waals surface area contributed by atoms with E-state index in [0.29, 0.717) is 45.5 Å². The van der Waals surface area contributed by atoms with Crippen LogP contribution in [0.15, 0.2) is 30.3 Å². The molecule has 1 N–H and O–H groups in total. The van der Waals surface area contributed by atoms with Gasteiger partial charge in [0.2, 0.25) is 0 Å². The molecule has 0 heterocycles. The molecular weight excluding hydrogens is 397 g/mol. The lowest BCUT2D eigenvalue weighted by Crippen LogP contribution is -2.16. The van der Waals surface area contributed by atoms with Gasteiger partial charge in [-0.25, -0.2) is 0 Å². The highest BCUT2D eigenvalue weighted by Crippen LogP contribution is 2.33. The smallest absolute Gasteiger partial charge is 0.162 e. The molecule has 0 bridgehead atoms. The van der Waals surface area contributed by atoms with Crippen LogP contribution in [0.4, 0.5) is 0 Å². The van der Waals surface area contributed by atoms with Crippen molar-refractivity contribution < 1.29 is 14.2 Å². The predicted octanol–water partition coefficient (Wildman–Crippen LogP) is 5.61. The summed E-state index contributed by atoms with van der Waals surface area (Å²) in [5.74, 6) is 1.95. The van der Waals surface area contributed by atoms with Gasteiger partial charge in [-0.1, -0.05) is 34.8 Å². The van der Waals surface area contributed by atoms with Crippen LogP contribution >= 0.6 is 34.8 Å². The Kier molecular flexibility index (Phi) is 8.66. The van der Waals surface area contributed by atoms with Gasteiger partial charge in [-0.15, -0.1) is 0 Å². The fraction of sp³-hybridized carbons (Fsp3) is 0.368. The molecule has 2 rings (SSSR count). The highest BCUT2D eigenvalue weighted by Gasteiger charge is 2.09. The standard InChI is InChI=1S/C19H22Cl3NO3/c1-24-18-9-13(15(21)11-19(18)25-2)12-23-7-3-4-8-26-17-6-5-14(20)10-16(17)22/h5-6,9-11,23H,3-4,7-8,12H2,1-2H3. The van der Waals surface area contributed by atoms with Crippen LogP contribution in [0.25, 0.3) is 0 Å². The summed E-state index contributed by atoms with van der Waals surface area (Å²) in [6.07, 6.45) is 1.88. The van der Waals surface area contributed by atoms with Crippen molar-refractivity contribution in [3.8, 4) is 17.2 Å². The first-order valence-electron chi connectivity index (χ1n) is 8.24. The highest BCUT2D eigenvalue weighted by atomic mass is 35.5. The maximum atomic E-state index is 6.28. The first-order valence-corrected chi connectivity index (χ1v) is 9.37. The van der Waals surface area contributed by atoms with Crippen molar-refractivity contribution in [2.75, 3.05) is 27.4 Å². The molecule has 7 heteroatoms. The molecule has 0 saturated heterocycles. The third-order valence-corrected chi connectivity index (χ3v) is 4.65. The molecule has 0 radical (unpaired) electrons. The zero-order valence-electron chi connectivity index (χ0n) is 14.8. The second kappa shape index (κ2) is 10.7. The molecular formula is C19H22Cl3NO3. The van der Waals surface area contributed by atoms with E-state index in [0.717, 1.165) is 24.9 Å². The number of nitrogens with one attached hydrogen (secondary N) is 1. The summed E-state index contributed by atoms with van der Waals surface area (Å²) in [7, 11) is 3.20. The molecule has 0 aliphatic carbocycles. The zero-order chi connectivity index (χ0) is 18.9. The van der Waals surface area contributed by atoms with Gasteiger partial charge >= 0.3 is 0 Å². The normalized spacial score (nSPS) is 10.7. The van der Waals surface area contributed by atoms with Crippen LogP contribution in [0, 0.1) is 0 Å². The summed E-state index contributed by atoms with van der Waals surface area (Å²) in [5, 5.41) is 5.14. The van der Waals surface area contributed by atoms with Crippen molar-refractivity contribution in [2.24, 2.45) is 0 Å². The van der Waals surface area contributed by atoms with Crippen molar-refractivity contribution >= 4 is 34.8 Å². The van der Waals surface area contributed by atoms with Gasteiger partial charge in [-0.2, -0.15) is 0 Å². The van der Waals surface area contributed by atoms with Crippen LogP contribution in [-0.2, 0) is 6.54 Å². The molecule has 2 aromatic rings. The van der Waals surface area contributed by atoms with E-state index in [-0.39, 0.29) is 0 Å². The number of rotatable bonds is 10. The van der Waals surface area contributed by atoms with Gasteiger partial charge in [0.1, 0.15) is 5.75 Å². The van der Waals surface area contributed by atoms with Crippen LogP contribution in [0.2, 0.25) is 15.1 Å². The minimum Gasteiger partial charge on any atom is -0.493 e. The molecule has 142 valence electrons. The number of unbranched alkanes of at least 4 members (excludes halogenated alkanes) is 1. The lowest BCUT2D eigenvalue weighted by Gasteiger charge is -2.12. The maximum Gasteiger partial charge on any atom is 0.162 e. The van der Waals surface area contributed by atoms with Crippen LogP contribution < -0.4 is 19.5 Å². The van der Waals surface area contributed by atoms with E-state index in [1.807, 2.05) is 6.07 Å². The fourth-order valence-electron chi connectivity index (χ4n) is 2.38. The van der Waals surface area contributed by atoms with Crippen molar-refractivity contribution in [1.82, 2.24) is 5.32 Å². The second-order valence-electron chi connectivity index (χ2n) is 5.61. The van der Waals surface area contributed by atoms with Crippen molar-refractivity contribution in [2.45, 2.75) is 19.4 Å². The van der Waals surface area contributed by atoms with E-state index in [2.05, 4.69) is 5.32 Å². The van der Waals surface area contributed by atoms with Crippen molar-refractivity contribution in [3.63, 3.8) is 0 Å². The number of ether oxygens (including phenoxy) is 3. The summed E-state index contributed by atoms with van der Waals surface area (Å²) in [4.78, 5) is 0. The number of benzene rings is 2. The van der Waals surface area contributed by atoms with Gasteiger partial charge in [0, 0.05) is 22.7 Å². The number of hydrogen-bond donors (Lipinski definition) is 1. The van der Waals surface area contributed by atoms with E-state index >= 15 is 0 Å². The predicted molar refractivity (Wildman–Crippen MR) is 107 cm³/mol. The molecule has 26 heavy (non-hydrogen) atoms. The summed E-state index contributed by atoms with van der Waals surface area (Å²) in [6, 6.07) is 8.87. The Morgan fingerprint density at radius 2 is 1.58 bits per heavy atom. The Bertz CT molecular complexity index is 725. The molecule has 2 aromatic carbocycles. The molecule has 0 aliphatic heterocycles. The van der Waals surface area contributed by atoms with E-state index in [9.17, 15) is 0 Å². The molecule has 0 atom stereocenters. The Morgan fingerprint density at radius 3 is 2.27 bits per heavy atom. The van der Waals surface area contributed by atoms with Crippen molar-refractivity contribution in [3.05, 3.63) is 51.0 Å². The third kappa shape index (κ3) is 6.13. The summed E-state index contributed by atoms with van der Waals surface area (Å²) < 4.78 is 16.2. The Morgan fingerprint density at radius 1 is 0.846 bits per heavy atom. The van der Waals surface area contributed by atoms with Crippen LogP contribution in [-0.4, -0.2) is 27.4 Å². The van der Waals surface area contributed by atoms with Gasteiger partial charge in [0.05, 0.1) is 25.8 Å². The van der Waals surface area contributed by atoms with Crippen LogP contribution in [0.3, 0.4) is 0 Å². The van der Waals surface area contributed by atoms with E-state index in [1.54, 1.807) is 38.5 Å². The monoisotopic (exact) mass is 417 g/mol. The summed E-state index contributed by atoms with van der Waals surface area (Å²) in [6.45, 7) is 2.10. The molecule has 4 nitrogen and oxygen atoms in total. The molecule has 0 spiro atoms. The maximum absolute atomic E-state index is 6.28. The van der Waals surface area contributed by atoms with Gasteiger partial charge in [0.25, 0.3) is 0 Å². The lowest BCUT2D eigenvalue weighted by atomic mass is 10.2. The lowest BCUT2D eigenvalue weighted by molar-refractivity contribution is 0.306. The van der Waals surface area contributed by atoms with Gasteiger partial charge < -0.3 is 19.5 Å². The Balaban J connectivity index is 1.69. The fourth-order valence-corrected chi connectivity index (χ4v) is 3.06. The zero-order valence-corrected chi connectivity index (χ0v) is 17.0. The SMILES string of the molecule is COc1cc(Cl)c(CNCCCCOc2ccc(Cl)cc2Cl)cc1OC. The quantitative estimate of drug-likeness (QED) is 0.509. The average Bonchev–Trinajstić information content (AvgIpc) is 2.63. The minimum atomic E-state index is 0.527. The molecule has 0 amide bonds. The number of methoxy groups -OCH3 is 2. The molecule has 0 aromatic heterocycles. The number of hydrogen-bond acceptors (Lipinski definition) is 4. The summed E-state index contributed by atoms with van der Waals surface area (Å²) >= 11 is 18.2. The third-order valence-electron chi connectivity index (χ3n) is 3.77. The topological polar surface area (TPSA) is 39.7 Å². The van der Waals surface area contributed by atoms with E-state index in [1.165, 1.54) is 0 Å². The largest absolute Gasteiger partial charge is 0.493 e. The Hall–Kier alpha value is -1.33. The first-order chi connectivity index (χ1) is 12.5. The van der Waals surface area contributed by atoms with Crippen LogP contribution in [0.5, 0.6) is 17.2 Å². The molecule has 0 saturated carbocycles. The van der Waals surface area contributed by atoms with Gasteiger partial charge in [-0.3, -0.25) is 0 Å². The minimum absolute atomic E-state index is 0.527. The Labute approximate surface area is 169 Å². The highest BCUT2D eigenvalue weighted by molar-refractivity contribution is 6.35. The first kappa shape index (κ1) is 21.0. The van der Waals surface area contributed by atoms with Gasteiger partial charge in [-0.05, 0) is 49.2 Å². The summed E-state index contributed by atoms with van der Waals surface area (Å²) in [5.41, 5.74) is 0.966. The van der Waals surface area contributed by atoms with E-state index < -0.39 is 0 Å². The molecule has 0 unspecified atom stereocenters. The van der Waals surface area contributed by atoms with Crippen molar-refractivity contribution in [1.29, 1.82) is 0 Å². The van der Waals surface area contributed by atoms with Gasteiger partial charge in [0.15, 0.2) is 11.5 Å². The average molecular weight is 419 g/mol.